The van der Waals surface area contributed by atoms with Crippen LogP contribution in [0.2, 0.25) is 0 Å². The number of nitrogens with one attached hydrogen (secondary N) is 1. The zero-order valence-electron chi connectivity index (χ0n) is 14.2. The Hall–Kier alpha value is -2.61. The molecule has 1 N–H and O–H groups in total. The number of carbonyl (C=O) groups excluding carboxylic acids is 1. The first-order valence-electron chi connectivity index (χ1n) is 8.72. The lowest BCUT2D eigenvalue weighted by Gasteiger charge is -2.19. The standard InChI is InChI=1S/C18H20FN5O2/c19-13-7-22-18(23-8-13)24-10-12-5-15(26-16(12)11-24)6-17(25)21-9-14-3-1-2-4-20-14/h1-4,7-8,12,15-16H,5-6,9-11H2,(H,21,25)/t12-,15+,16+/m0/s1. The van der Waals surface area contributed by atoms with Crippen molar-refractivity contribution < 1.29 is 13.9 Å². The molecule has 2 fully saturated rings. The normalized spacial score (nSPS) is 24.5. The molecule has 26 heavy (non-hydrogen) atoms. The number of hydrogen-bond acceptors (Lipinski definition) is 6. The molecule has 4 rings (SSSR count). The highest BCUT2D eigenvalue weighted by atomic mass is 19.1. The van der Waals surface area contributed by atoms with Crippen molar-refractivity contribution in [3.8, 4) is 0 Å². The van der Waals surface area contributed by atoms with E-state index in [1.807, 2.05) is 23.1 Å². The van der Waals surface area contributed by atoms with E-state index in [1.165, 1.54) is 12.4 Å². The van der Waals surface area contributed by atoms with E-state index in [4.69, 9.17) is 4.74 Å². The van der Waals surface area contributed by atoms with Crippen LogP contribution in [0.3, 0.4) is 0 Å². The van der Waals surface area contributed by atoms with Crippen molar-refractivity contribution in [1.29, 1.82) is 0 Å². The molecule has 2 aromatic heterocycles. The Morgan fingerprint density at radius 3 is 2.85 bits per heavy atom. The molecule has 2 aromatic rings. The highest BCUT2D eigenvalue weighted by molar-refractivity contribution is 5.76. The number of ether oxygens (including phenoxy) is 1. The fraction of sp³-hybridized carbons (Fsp3) is 0.444. The Morgan fingerprint density at radius 1 is 1.27 bits per heavy atom. The van der Waals surface area contributed by atoms with Gasteiger partial charge >= 0.3 is 0 Å². The summed E-state index contributed by atoms with van der Waals surface area (Å²) in [6.07, 6.45) is 5.24. The number of fused-ring (bicyclic) bond motifs is 1. The van der Waals surface area contributed by atoms with Gasteiger partial charge in [-0.3, -0.25) is 9.78 Å². The number of carbonyl (C=O) groups is 1. The molecule has 0 bridgehead atoms. The molecule has 0 aliphatic carbocycles. The van der Waals surface area contributed by atoms with Gasteiger partial charge in [0.25, 0.3) is 0 Å². The third-order valence-electron chi connectivity index (χ3n) is 4.81. The van der Waals surface area contributed by atoms with Crippen LogP contribution in [0.15, 0.2) is 36.8 Å². The molecule has 136 valence electrons. The molecule has 0 unspecified atom stereocenters. The molecule has 3 atom stereocenters. The molecular weight excluding hydrogens is 337 g/mol. The van der Waals surface area contributed by atoms with Crippen molar-refractivity contribution in [3.63, 3.8) is 0 Å². The van der Waals surface area contributed by atoms with E-state index in [9.17, 15) is 9.18 Å². The van der Waals surface area contributed by atoms with Crippen molar-refractivity contribution in [2.24, 2.45) is 5.92 Å². The predicted octanol–water partition coefficient (Wildman–Crippen LogP) is 1.31. The van der Waals surface area contributed by atoms with Crippen LogP contribution in [0.4, 0.5) is 10.3 Å². The first kappa shape index (κ1) is 16.8. The minimum atomic E-state index is -0.443. The summed E-state index contributed by atoms with van der Waals surface area (Å²) in [5.41, 5.74) is 0.833. The first-order valence-corrected chi connectivity index (χ1v) is 8.72. The van der Waals surface area contributed by atoms with Gasteiger partial charge in [0.15, 0.2) is 5.82 Å². The number of halogens is 1. The first-order chi connectivity index (χ1) is 12.7. The monoisotopic (exact) mass is 357 g/mol. The number of nitrogens with zero attached hydrogens (tertiary/aromatic N) is 4. The summed E-state index contributed by atoms with van der Waals surface area (Å²) < 4.78 is 19.0. The van der Waals surface area contributed by atoms with Gasteiger partial charge in [-0.15, -0.1) is 0 Å². The van der Waals surface area contributed by atoms with Crippen molar-refractivity contribution in [3.05, 3.63) is 48.3 Å². The van der Waals surface area contributed by atoms with E-state index in [1.54, 1.807) is 6.20 Å². The topological polar surface area (TPSA) is 80.2 Å². The van der Waals surface area contributed by atoms with E-state index in [0.29, 0.717) is 31.4 Å². The number of anilines is 1. The lowest BCUT2D eigenvalue weighted by atomic mass is 10.0. The molecule has 4 heterocycles. The number of rotatable bonds is 5. The predicted molar refractivity (Wildman–Crippen MR) is 91.7 cm³/mol. The summed E-state index contributed by atoms with van der Waals surface area (Å²) in [6.45, 7) is 1.86. The molecule has 2 aliphatic rings. The molecule has 2 saturated heterocycles. The Labute approximate surface area is 150 Å². The quantitative estimate of drug-likeness (QED) is 0.869. The smallest absolute Gasteiger partial charge is 0.225 e. The summed E-state index contributed by atoms with van der Waals surface area (Å²) in [6, 6.07) is 5.62. The second-order valence-corrected chi connectivity index (χ2v) is 6.70. The van der Waals surface area contributed by atoms with Crippen LogP contribution in [0.25, 0.3) is 0 Å². The highest BCUT2D eigenvalue weighted by Gasteiger charge is 2.43. The average Bonchev–Trinajstić information content (AvgIpc) is 3.20. The van der Waals surface area contributed by atoms with Gasteiger partial charge in [-0.2, -0.15) is 0 Å². The molecule has 7 nitrogen and oxygen atoms in total. The Bertz CT molecular complexity index is 744. The average molecular weight is 357 g/mol. The van der Waals surface area contributed by atoms with Crippen LogP contribution >= 0.6 is 0 Å². The Morgan fingerprint density at radius 2 is 2.12 bits per heavy atom. The van der Waals surface area contributed by atoms with Crippen LogP contribution in [-0.2, 0) is 16.1 Å². The van der Waals surface area contributed by atoms with Crippen LogP contribution in [0.5, 0.6) is 0 Å². The molecule has 0 aromatic carbocycles. The number of hydrogen-bond donors (Lipinski definition) is 1. The molecule has 1 amide bonds. The Kier molecular flexibility index (Phi) is 4.75. The third kappa shape index (κ3) is 3.80. The van der Waals surface area contributed by atoms with E-state index in [0.717, 1.165) is 18.7 Å². The molecule has 0 radical (unpaired) electrons. The summed E-state index contributed by atoms with van der Waals surface area (Å²) in [7, 11) is 0. The fourth-order valence-electron chi connectivity index (χ4n) is 3.60. The zero-order chi connectivity index (χ0) is 17.9. The maximum Gasteiger partial charge on any atom is 0.225 e. The van der Waals surface area contributed by atoms with Gasteiger partial charge in [0.2, 0.25) is 11.9 Å². The van der Waals surface area contributed by atoms with Crippen molar-refractivity contribution in [1.82, 2.24) is 20.3 Å². The van der Waals surface area contributed by atoms with E-state index >= 15 is 0 Å². The van der Waals surface area contributed by atoms with Gasteiger partial charge in [0.05, 0.1) is 43.3 Å². The largest absolute Gasteiger partial charge is 0.372 e. The maximum atomic E-state index is 12.9. The number of amides is 1. The van der Waals surface area contributed by atoms with Crippen LogP contribution < -0.4 is 10.2 Å². The highest BCUT2D eigenvalue weighted by Crippen LogP contribution is 2.35. The second-order valence-electron chi connectivity index (χ2n) is 6.70. The number of pyridine rings is 1. The van der Waals surface area contributed by atoms with Crippen LogP contribution in [-0.4, -0.2) is 46.2 Å². The van der Waals surface area contributed by atoms with Crippen molar-refractivity contribution in [2.75, 3.05) is 18.0 Å². The van der Waals surface area contributed by atoms with E-state index in [2.05, 4.69) is 20.3 Å². The third-order valence-corrected chi connectivity index (χ3v) is 4.81. The summed E-state index contributed by atoms with van der Waals surface area (Å²) in [4.78, 5) is 26.4. The lowest BCUT2D eigenvalue weighted by molar-refractivity contribution is -0.123. The molecule has 0 spiro atoms. The Balaban J connectivity index is 1.24. The van der Waals surface area contributed by atoms with Gasteiger partial charge in [-0.25, -0.2) is 14.4 Å². The van der Waals surface area contributed by atoms with Crippen molar-refractivity contribution in [2.45, 2.75) is 31.6 Å². The van der Waals surface area contributed by atoms with Gasteiger partial charge in [0, 0.05) is 25.2 Å². The lowest BCUT2D eigenvalue weighted by Crippen LogP contribution is -2.30. The maximum absolute atomic E-state index is 12.9. The molecule has 2 aliphatic heterocycles. The van der Waals surface area contributed by atoms with Gasteiger partial charge in [-0.05, 0) is 18.6 Å². The number of aromatic nitrogens is 3. The minimum absolute atomic E-state index is 0.0284. The summed E-state index contributed by atoms with van der Waals surface area (Å²) >= 11 is 0. The fourth-order valence-corrected chi connectivity index (χ4v) is 3.60. The van der Waals surface area contributed by atoms with Gasteiger partial charge < -0.3 is 15.0 Å². The molecular formula is C18H20FN5O2. The van der Waals surface area contributed by atoms with Gasteiger partial charge in [0.1, 0.15) is 0 Å². The second kappa shape index (κ2) is 7.33. The van der Waals surface area contributed by atoms with E-state index in [-0.39, 0.29) is 18.1 Å². The summed E-state index contributed by atoms with van der Waals surface area (Å²) in [5, 5.41) is 2.88. The minimum Gasteiger partial charge on any atom is -0.372 e. The van der Waals surface area contributed by atoms with E-state index < -0.39 is 5.82 Å². The van der Waals surface area contributed by atoms with Gasteiger partial charge in [-0.1, -0.05) is 6.07 Å². The van der Waals surface area contributed by atoms with Crippen LogP contribution in [0, 0.1) is 11.7 Å². The molecule has 0 saturated carbocycles. The molecule has 8 heteroatoms. The van der Waals surface area contributed by atoms with Crippen LogP contribution in [0.1, 0.15) is 18.5 Å². The van der Waals surface area contributed by atoms with Crippen molar-refractivity contribution >= 4 is 11.9 Å². The zero-order valence-corrected chi connectivity index (χ0v) is 14.2. The SMILES string of the molecule is O=C(C[C@H]1C[C@H]2CN(c3ncc(F)cn3)C[C@H]2O1)NCc1ccccn1. The summed E-state index contributed by atoms with van der Waals surface area (Å²) in [5.74, 6) is 0.395.